The smallest absolute Gasteiger partial charge is 0.311 e. The molecular weight excluding hydrogens is 184 g/mol. The van der Waals surface area contributed by atoms with Crippen LogP contribution < -0.4 is 4.90 Å². The predicted molar refractivity (Wildman–Crippen MR) is 49.2 cm³/mol. The van der Waals surface area contributed by atoms with Crippen LogP contribution in [0.5, 0.6) is 0 Å². The maximum atomic E-state index is 10.4. The molecule has 0 radical (unpaired) electrons. The minimum atomic E-state index is -0.894. The molecule has 2 N–H and O–H groups in total. The largest absolute Gasteiger partial charge is 0.481 e. The minimum absolute atomic E-state index is 0.0964. The van der Waals surface area contributed by atoms with E-state index >= 15 is 0 Å². The van der Waals surface area contributed by atoms with Crippen molar-refractivity contribution < 1.29 is 9.90 Å². The Labute approximate surface area is 80.9 Å². The lowest BCUT2D eigenvalue weighted by molar-refractivity contribution is -0.136. The lowest BCUT2D eigenvalue weighted by atomic mass is 10.4. The molecule has 6 heteroatoms. The topological polar surface area (TPSA) is 82.1 Å². The molecule has 0 atom stereocenters. The molecule has 0 aliphatic carbocycles. The first kappa shape index (κ1) is 8.98. The Morgan fingerprint density at radius 2 is 2.21 bits per heavy atom. The lowest BCUT2D eigenvalue weighted by Gasteiger charge is -2.10. The Bertz CT molecular complexity index is 330. The van der Waals surface area contributed by atoms with Gasteiger partial charge in [0, 0.05) is 13.1 Å². The van der Waals surface area contributed by atoms with Crippen LogP contribution in [0, 0.1) is 0 Å². The molecule has 0 aromatic carbocycles. The summed E-state index contributed by atoms with van der Waals surface area (Å²) in [5, 5.41) is 15.1. The van der Waals surface area contributed by atoms with Gasteiger partial charge in [-0.25, -0.2) is 0 Å². The van der Waals surface area contributed by atoms with Crippen molar-refractivity contribution in [1.82, 2.24) is 15.2 Å². The standard InChI is InChI=1S/C8H12N4O2/c13-7(14)5-6-9-8(11-10-6)12-3-1-2-4-12/h1-5H2,(H,13,14)(H,9,10,11). The fraction of sp³-hybridized carbons (Fsp3) is 0.625. The van der Waals surface area contributed by atoms with E-state index in [-0.39, 0.29) is 6.42 Å². The van der Waals surface area contributed by atoms with Gasteiger partial charge in [-0.15, -0.1) is 5.10 Å². The highest BCUT2D eigenvalue weighted by Crippen LogP contribution is 2.14. The number of rotatable bonds is 3. The van der Waals surface area contributed by atoms with Gasteiger partial charge >= 0.3 is 5.97 Å². The quantitative estimate of drug-likeness (QED) is 0.712. The van der Waals surface area contributed by atoms with Crippen LogP contribution in [-0.4, -0.2) is 39.3 Å². The maximum Gasteiger partial charge on any atom is 0.311 e. The number of nitrogens with zero attached hydrogens (tertiary/aromatic N) is 3. The van der Waals surface area contributed by atoms with Gasteiger partial charge in [0.1, 0.15) is 12.2 Å². The van der Waals surface area contributed by atoms with Crippen LogP contribution in [0.4, 0.5) is 5.95 Å². The summed E-state index contributed by atoms with van der Waals surface area (Å²) in [6.07, 6.45) is 2.21. The first-order valence-electron chi connectivity index (χ1n) is 4.64. The first-order chi connectivity index (χ1) is 6.75. The molecular formula is C8H12N4O2. The number of carboxylic acid groups (broad SMARTS) is 1. The van der Waals surface area contributed by atoms with E-state index in [0.29, 0.717) is 11.8 Å². The molecule has 1 aromatic heterocycles. The average Bonchev–Trinajstić information content (AvgIpc) is 2.69. The molecule has 6 nitrogen and oxygen atoms in total. The van der Waals surface area contributed by atoms with E-state index < -0.39 is 5.97 Å². The fourth-order valence-electron chi connectivity index (χ4n) is 1.57. The van der Waals surface area contributed by atoms with Gasteiger partial charge in [0.25, 0.3) is 0 Å². The van der Waals surface area contributed by atoms with Crippen LogP contribution in [0.1, 0.15) is 18.7 Å². The Hall–Kier alpha value is -1.59. The van der Waals surface area contributed by atoms with E-state index in [9.17, 15) is 4.79 Å². The molecule has 1 fully saturated rings. The van der Waals surface area contributed by atoms with Crippen molar-refractivity contribution in [1.29, 1.82) is 0 Å². The second kappa shape index (κ2) is 3.65. The van der Waals surface area contributed by atoms with Crippen LogP contribution in [0.25, 0.3) is 0 Å². The summed E-state index contributed by atoms with van der Waals surface area (Å²) in [5.74, 6) is 0.146. The average molecular weight is 196 g/mol. The summed E-state index contributed by atoms with van der Waals surface area (Å²) in [6.45, 7) is 1.93. The van der Waals surface area contributed by atoms with Crippen LogP contribution in [0.15, 0.2) is 0 Å². The van der Waals surface area contributed by atoms with E-state index in [2.05, 4.69) is 20.1 Å². The number of anilines is 1. The normalized spacial score (nSPS) is 16.1. The van der Waals surface area contributed by atoms with Crippen molar-refractivity contribution >= 4 is 11.9 Å². The van der Waals surface area contributed by atoms with E-state index in [1.165, 1.54) is 0 Å². The highest BCUT2D eigenvalue weighted by atomic mass is 16.4. The number of aliphatic carboxylic acids is 1. The molecule has 1 aliphatic rings. The van der Waals surface area contributed by atoms with Gasteiger partial charge in [0.2, 0.25) is 5.95 Å². The second-order valence-electron chi connectivity index (χ2n) is 3.35. The number of aromatic amines is 1. The van der Waals surface area contributed by atoms with E-state index in [1.54, 1.807) is 0 Å². The van der Waals surface area contributed by atoms with Gasteiger partial charge < -0.3 is 10.0 Å². The Balaban J connectivity index is 2.05. The van der Waals surface area contributed by atoms with Crippen molar-refractivity contribution in [3.8, 4) is 0 Å². The number of hydrogen-bond acceptors (Lipinski definition) is 4. The molecule has 1 aliphatic heterocycles. The molecule has 2 rings (SSSR count). The lowest BCUT2D eigenvalue weighted by Crippen LogP contribution is -2.19. The molecule has 0 spiro atoms. The van der Waals surface area contributed by atoms with E-state index in [1.807, 2.05) is 0 Å². The second-order valence-corrected chi connectivity index (χ2v) is 3.35. The molecule has 2 heterocycles. The van der Waals surface area contributed by atoms with Crippen molar-refractivity contribution in [2.75, 3.05) is 18.0 Å². The zero-order valence-electron chi connectivity index (χ0n) is 7.73. The van der Waals surface area contributed by atoms with Gasteiger partial charge in [-0.2, -0.15) is 4.98 Å². The van der Waals surface area contributed by atoms with Crippen molar-refractivity contribution in [2.24, 2.45) is 0 Å². The molecule has 0 amide bonds. The summed E-state index contributed by atoms with van der Waals surface area (Å²) in [5.41, 5.74) is 0. The fourth-order valence-corrected chi connectivity index (χ4v) is 1.57. The van der Waals surface area contributed by atoms with Crippen molar-refractivity contribution in [3.05, 3.63) is 5.82 Å². The number of hydrogen-bond donors (Lipinski definition) is 2. The Morgan fingerprint density at radius 1 is 1.50 bits per heavy atom. The molecule has 0 saturated carbocycles. The van der Waals surface area contributed by atoms with Crippen LogP contribution in [-0.2, 0) is 11.2 Å². The highest BCUT2D eigenvalue weighted by Gasteiger charge is 2.16. The number of aromatic nitrogens is 3. The van der Waals surface area contributed by atoms with Gasteiger partial charge in [0.15, 0.2) is 0 Å². The number of H-pyrrole nitrogens is 1. The third-order valence-corrected chi connectivity index (χ3v) is 2.23. The SMILES string of the molecule is O=C(O)Cc1nc(N2CCCC2)n[nH]1. The highest BCUT2D eigenvalue weighted by molar-refractivity contribution is 5.69. The third-order valence-electron chi connectivity index (χ3n) is 2.23. The summed E-state index contributed by atoms with van der Waals surface area (Å²) in [6, 6.07) is 0. The Morgan fingerprint density at radius 3 is 2.86 bits per heavy atom. The summed E-state index contributed by atoms with van der Waals surface area (Å²) in [4.78, 5) is 16.6. The predicted octanol–water partition coefficient (Wildman–Crippen LogP) is 0.0320. The van der Waals surface area contributed by atoms with Crippen LogP contribution in [0.2, 0.25) is 0 Å². The number of carboxylic acids is 1. The van der Waals surface area contributed by atoms with Gasteiger partial charge in [-0.1, -0.05) is 0 Å². The molecule has 14 heavy (non-hydrogen) atoms. The van der Waals surface area contributed by atoms with Crippen LogP contribution >= 0.6 is 0 Å². The zero-order chi connectivity index (χ0) is 9.97. The third kappa shape index (κ3) is 1.84. The van der Waals surface area contributed by atoms with E-state index in [4.69, 9.17) is 5.11 Å². The monoisotopic (exact) mass is 196 g/mol. The van der Waals surface area contributed by atoms with Gasteiger partial charge in [-0.05, 0) is 12.8 Å². The molecule has 1 saturated heterocycles. The number of nitrogens with one attached hydrogen (secondary N) is 1. The summed E-state index contributed by atoms with van der Waals surface area (Å²) >= 11 is 0. The van der Waals surface area contributed by atoms with Crippen LogP contribution in [0.3, 0.4) is 0 Å². The zero-order valence-corrected chi connectivity index (χ0v) is 7.73. The molecule has 0 bridgehead atoms. The molecule has 1 aromatic rings. The molecule has 0 unspecified atom stereocenters. The van der Waals surface area contributed by atoms with Gasteiger partial charge in [0.05, 0.1) is 0 Å². The summed E-state index contributed by atoms with van der Waals surface area (Å²) in [7, 11) is 0. The Kier molecular flexibility index (Phi) is 2.34. The molecule has 76 valence electrons. The van der Waals surface area contributed by atoms with Crippen molar-refractivity contribution in [2.45, 2.75) is 19.3 Å². The first-order valence-corrected chi connectivity index (χ1v) is 4.64. The van der Waals surface area contributed by atoms with Crippen molar-refractivity contribution in [3.63, 3.8) is 0 Å². The minimum Gasteiger partial charge on any atom is -0.481 e. The summed E-state index contributed by atoms with van der Waals surface area (Å²) < 4.78 is 0. The van der Waals surface area contributed by atoms with E-state index in [0.717, 1.165) is 25.9 Å². The number of carbonyl (C=O) groups is 1. The van der Waals surface area contributed by atoms with Gasteiger partial charge in [-0.3, -0.25) is 9.89 Å². The maximum absolute atomic E-state index is 10.4.